The number of nitrogens with one attached hydrogen (secondary N) is 1. The van der Waals surface area contributed by atoms with Crippen LogP contribution < -0.4 is 10.1 Å². The Kier molecular flexibility index (Phi) is 5.14. The van der Waals surface area contributed by atoms with Gasteiger partial charge >= 0.3 is 6.01 Å². The first-order valence-electron chi connectivity index (χ1n) is 9.26. The molecule has 0 bridgehead atoms. The molecule has 1 fully saturated rings. The molecule has 1 aliphatic carbocycles. The first-order valence-corrected chi connectivity index (χ1v) is 9.26. The van der Waals surface area contributed by atoms with Gasteiger partial charge in [-0.3, -0.25) is 10.1 Å². The van der Waals surface area contributed by atoms with Crippen molar-refractivity contribution in [2.75, 3.05) is 5.32 Å². The number of rotatable bonds is 5. The molecule has 0 atom stereocenters. The van der Waals surface area contributed by atoms with Gasteiger partial charge in [-0.2, -0.15) is 0 Å². The van der Waals surface area contributed by atoms with Gasteiger partial charge in [0.1, 0.15) is 11.5 Å². The zero-order valence-corrected chi connectivity index (χ0v) is 14.9. The van der Waals surface area contributed by atoms with Gasteiger partial charge in [0.25, 0.3) is 5.91 Å². The first-order chi connectivity index (χ1) is 13.3. The van der Waals surface area contributed by atoms with Crippen LogP contribution in [-0.4, -0.2) is 16.1 Å². The molecule has 1 amide bonds. The van der Waals surface area contributed by atoms with E-state index in [2.05, 4.69) is 15.5 Å². The number of anilines is 1. The van der Waals surface area contributed by atoms with Crippen molar-refractivity contribution in [3.63, 3.8) is 0 Å². The predicted molar refractivity (Wildman–Crippen MR) is 101 cm³/mol. The molecular weight excluding hydrogens is 342 g/mol. The highest BCUT2D eigenvalue weighted by Crippen LogP contribution is 2.32. The summed E-state index contributed by atoms with van der Waals surface area (Å²) in [4.78, 5) is 12.4. The number of amides is 1. The van der Waals surface area contributed by atoms with Gasteiger partial charge in [-0.15, -0.1) is 5.10 Å². The maximum Gasteiger partial charge on any atom is 0.322 e. The van der Waals surface area contributed by atoms with Gasteiger partial charge < -0.3 is 9.15 Å². The van der Waals surface area contributed by atoms with E-state index in [1.165, 1.54) is 19.3 Å². The fraction of sp³-hybridized carbons (Fsp3) is 0.286. The molecule has 1 aliphatic rings. The number of aromatic nitrogens is 2. The Bertz CT molecular complexity index is 885. The highest BCUT2D eigenvalue weighted by molar-refractivity contribution is 6.03. The smallest absolute Gasteiger partial charge is 0.322 e. The molecule has 0 saturated heterocycles. The Morgan fingerprint density at radius 2 is 1.63 bits per heavy atom. The Hall–Kier alpha value is -3.15. The van der Waals surface area contributed by atoms with Crippen LogP contribution in [0.2, 0.25) is 0 Å². The summed E-state index contributed by atoms with van der Waals surface area (Å²) in [6.07, 6.45) is 5.77. The lowest BCUT2D eigenvalue weighted by Gasteiger charge is -2.17. The molecule has 0 unspecified atom stereocenters. The van der Waals surface area contributed by atoms with Crippen LogP contribution >= 0.6 is 0 Å². The van der Waals surface area contributed by atoms with Gasteiger partial charge in [0, 0.05) is 11.5 Å². The molecular formula is C21H21N3O3. The number of benzene rings is 2. The standard InChI is InChI=1S/C21H21N3O3/c25-19(22-21-24-23-20(27-21)16-7-3-1-4-8-16)15-11-13-18(14-12-15)26-17-9-5-2-6-10-17/h2,5-6,9-14,16H,1,3-4,7-8H2,(H,22,24,25). The van der Waals surface area contributed by atoms with E-state index in [-0.39, 0.29) is 11.9 Å². The first kappa shape index (κ1) is 17.3. The van der Waals surface area contributed by atoms with Crippen LogP contribution in [0.4, 0.5) is 6.01 Å². The van der Waals surface area contributed by atoms with E-state index in [4.69, 9.17) is 9.15 Å². The number of carbonyl (C=O) groups excluding carboxylic acids is 1. The van der Waals surface area contributed by atoms with E-state index in [0.29, 0.717) is 23.1 Å². The molecule has 2 aromatic carbocycles. The summed E-state index contributed by atoms with van der Waals surface area (Å²) in [6.45, 7) is 0. The van der Waals surface area contributed by atoms with Crippen molar-refractivity contribution in [2.45, 2.75) is 38.0 Å². The number of ether oxygens (including phenoxy) is 1. The van der Waals surface area contributed by atoms with E-state index >= 15 is 0 Å². The van der Waals surface area contributed by atoms with Gasteiger partial charge in [0.2, 0.25) is 5.89 Å². The molecule has 0 aliphatic heterocycles. The topological polar surface area (TPSA) is 77.3 Å². The van der Waals surface area contributed by atoms with Crippen LogP contribution in [0.1, 0.15) is 54.3 Å². The molecule has 138 valence electrons. The zero-order valence-electron chi connectivity index (χ0n) is 14.9. The minimum Gasteiger partial charge on any atom is -0.457 e. The molecule has 4 rings (SSSR count). The third-order valence-electron chi connectivity index (χ3n) is 4.71. The quantitative estimate of drug-likeness (QED) is 0.677. The minimum atomic E-state index is -0.292. The van der Waals surface area contributed by atoms with Crippen LogP contribution in [0.15, 0.2) is 59.0 Å². The van der Waals surface area contributed by atoms with Crippen molar-refractivity contribution in [1.82, 2.24) is 10.2 Å². The largest absolute Gasteiger partial charge is 0.457 e. The number of hydrogen-bond donors (Lipinski definition) is 1. The minimum absolute atomic E-state index is 0.144. The highest BCUT2D eigenvalue weighted by Gasteiger charge is 2.22. The Morgan fingerprint density at radius 1 is 0.926 bits per heavy atom. The summed E-state index contributed by atoms with van der Waals surface area (Å²) < 4.78 is 11.4. The molecule has 0 spiro atoms. The lowest BCUT2D eigenvalue weighted by atomic mass is 9.89. The van der Waals surface area contributed by atoms with E-state index in [1.807, 2.05) is 30.3 Å². The van der Waals surface area contributed by atoms with Crippen molar-refractivity contribution in [2.24, 2.45) is 0 Å². The zero-order chi connectivity index (χ0) is 18.5. The summed E-state index contributed by atoms with van der Waals surface area (Å²) in [6, 6.07) is 16.5. The van der Waals surface area contributed by atoms with Gasteiger partial charge in [-0.05, 0) is 49.2 Å². The van der Waals surface area contributed by atoms with Gasteiger partial charge in [0.15, 0.2) is 0 Å². The second-order valence-electron chi connectivity index (χ2n) is 6.67. The molecule has 6 heteroatoms. The van der Waals surface area contributed by atoms with Crippen molar-refractivity contribution < 1.29 is 13.9 Å². The molecule has 3 aromatic rings. The number of para-hydroxylation sites is 1. The van der Waals surface area contributed by atoms with Crippen molar-refractivity contribution in [3.05, 3.63) is 66.1 Å². The second kappa shape index (κ2) is 8.03. The molecule has 1 aromatic heterocycles. The fourth-order valence-electron chi connectivity index (χ4n) is 3.27. The van der Waals surface area contributed by atoms with Gasteiger partial charge in [0.05, 0.1) is 0 Å². The van der Waals surface area contributed by atoms with Crippen LogP contribution in [0.25, 0.3) is 0 Å². The van der Waals surface area contributed by atoms with E-state index in [9.17, 15) is 4.79 Å². The third kappa shape index (κ3) is 4.34. The third-order valence-corrected chi connectivity index (χ3v) is 4.71. The van der Waals surface area contributed by atoms with Crippen molar-refractivity contribution in [3.8, 4) is 11.5 Å². The Morgan fingerprint density at radius 3 is 2.37 bits per heavy atom. The van der Waals surface area contributed by atoms with E-state index in [1.54, 1.807) is 24.3 Å². The number of carbonyl (C=O) groups is 1. The molecule has 6 nitrogen and oxygen atoms in total. The van der Waals surface area contributed by atoms with Gasteiger partial charge in [-0.1, -0.05) is 42.6 Å². The Balaban J connectivity index is 1.37. The van der Waals surface area contributed by atoms with Crippen molar-refractivity contribution >= 4 is 11.9 Å². The summed E-state index contributed by atoms with van der Waals surface area (Å²) in [5.41, 5.74) is 0.493. The SMILES string of the molecule is O=C(Nc1nnc(C2CCCCC2)o1)c1ccc(Oc2ccccc2)cc1. The van der Waals surface area contributed by atoms with Crippen molar-refractivity contribution in [1.29, 1.82) is 0 Å². The van der Waals surface area contributed by atoms with Crippen LogP contribution in [0.3, 0.4) is 0 Å². The Labute approximate surface area is 157 Å². The van der Waals surface area contributed by atoms with Crippen LogP contribution in [-0.2, 0) is 0 Å². The maximum atomic E-state index is 12.4. The molecule has 27 heavy (non-hydrogen) atoms. The van der Waals surface area contributed by atoms with Crippen LogP contribution in [0, 0.1) is 0 Å². The fourth-order valence-corrected chi connectivity index (χ4v) is 3.27. The maximum absolute atomic E-state index is 12.4. The van der Waals surface area contributed by atoms with E-state index < -0.39 is 0 Å². The average Bonchev–Trinajstić information content (AvgIpc) is 3.18. The summed E-state index contributed by atoms with van der Waals surface area (Å²) in [5, 5.41) is 10.7. The molecule has 1 heterocycles. The molecule has 1 saturated carbocycles. The summed E-state index contributed by atoms with van der Waals surface area (Å²) >= 11 is 0. The second-order valence-corrected chi connectivity index (χ2v) is 6.67. The van der Waals surface area contributed by atoms with Crippen LogP contribution in [0.5, 0.6) is 11.5 Å². The predicted octanol–water partition coefficient (Wildman–Crippen LogP) is 5.16. The summed E-state index contributed by atoms with van der Waals surface area (Å²) in [5.74, 6) is 2.05. The lowest BCUT2D eigenvalue weighted by Crippen LogP contribution is -2.12. The lowest BCUT2D eigenvalue weighted by molar-refractivity contribution is 0.102. The number of nitrogens with zero attached hydrogens (tertiary/aromatic N) is 2. The molecule has 1 N–H and O–H groups in total. The van der Waals surface area contributed by atoms with E-state index in [0.717, 1.165) is 18.6 Å². The monoisotopic (exact) mass is 363 g/mol. The highest BCUT2D eigenvalue weighted by atomic mass is 16.5. The molecule has 0 radical (unpaired) electrons. The summed E-state index contributed by atoms with van der Waals surface area (Å²) in [7, 11) is 0. The number of hydrogen-bond acceptors (Lipinski definition) is 5. The van der Waals surface area contributed by atoms with Gasteiger partial charge in [-0.25, -0.2) is 0 Å². The average molecular weight is 363 g/mol. The normalized spacial score (nSPS) is 14.7.